The standard InChI is InChI=1S/C19H16N2O6/c1-11-4-6-16(21(23)24)14(8-11)18-20-15(19(22)27-18)10-12-9-13(25-2)5-7-17(12)26-3/h4-10H,1-3H3/b15-10+. The lowest BCUT2D eigenvalue weighted by molar-refractivity contribution is -0.385. The Morgan fingerprint density at radius 3 is 2.59 bits per heavy atom. The molecule has 0 saturated heterocycles. The lowest BCUT2D eigenvalue weighted by Gasteiger charge is -2.07. The number of nitrogens with zero attached hydrogens (tertiary/aromatic N) is 2. The monoisotopic (exact) mass is 368 g/mol. The maximum Gasteiger partial charge on any atom is 0.363 e. The minimum Gasteiger partial charge on any atom is -0.497 e. The third kappa shape index (κ3) is 3.64. The quantitative estimate of drug-likeness (QED) is 0.347. The number of hydrogen-bond acceptors (Lipinski definition) is 7. The molecule has 8 nitrogen and oxygen atoms in total. The number of ether oxygens (including phenoxy) is 3. The van der Waals surface area contributed by atoms with E-state index in [9.17, 15) is 14.9 Å². The largest absolute Gasteiger partial charge is 0.497 e. The number of carbonyl (C=O) groups excluding carboxylic acids is 1. The van der Waals surface area contributed by atoms with Gasteiger partial charge in [0, 0.05) is 11.6 Å². The number of benzene rings is 2. The molecule has 0 radical (unpaired) electrons. The molecule has 0 bridgehead atoms. The number of rotatable bonds is 5. The smallest absolute Gasteiger partial charge is 0.363 e. The molecule has 0 unspecified atom stereocenters. The van der Waals surface area contributed by atoms with Gasteiger partial charge in [-0.1, -0.05) is 6.07 Å². The fourth-order valence-corrected chi connectivity index (χ4v) is 2.60. The zero-order chi connectivity index (χ0) is 19.6. The average Bonchev–Trinajstić information content (AvgIpc) is 3.01. The van der Waals surface area contributed by atoms with Crippen molar-refractivity contribution in [2.45, 2.75) is 6.92 Å². The van der Waals surface area contributed by atoms with Gasteiger partial charge in [0.2, 0.25) is 5.90 Å². The molecule has 0 N–H and O–H groups in total. The van der Waals surface area contributed by atoms with Crippen LogP contribution >= 0.6 is 0 Å². The van der Waals surface area contributed by atoms with Crippen LogP contribution in [0.1, 0.15) is 16.7 Å². The summed E-state index contributed by atoms with van der Waals surface area (Å²) >= 11 is 0. The highest BCUT2D eigenvalue weighted by atomic mass is 16.6. The Labute approximate surface area is 154 Å². The number of carbonyl (C=O) groups is 1. The van der Waals surface area contributed by atoms with E-state index in [-0.39, 0.29) is 22.8 Å². The lowest BCUT2D eigenvalue weighted by atomic mass is 10.1. The molecular weight excluding hydrogens is 352 g/mol. The van der Waals surface area contributed by atoms with Crippen LogP contribution in [0.25, 0.3) is 6.08 Å². The van der Waals surface area contributed by atoms with E-state index in [1.165, 1.54) is 26.4 Å². The van der Waals surface area contributed by atoms with Gasteiger partial charge in [-0.25, -0.2) is 9.79 Å². The minimum atomic E-state index is -0.703. The molecule has 1 heterocycles. The first kappa shape index (κ1) is 18.1. The van der Waals surface area contributed by atoms with E-state index in [1.807, 2.05) is 0 Å². The Hall–Kier alpha value is -3.68. The summed E-state index contributed by atoms with van der Waals surface area (Å²) in [4.78, 5) is 27.1. The van der Waals surface area contributed by atoms with Crippen LogP contribution < -0.4 is 9.47 Å². The van der Waals surface area contributed by atoms with Gasteiger partial charge in [0.05, 0.1) is 19.1 Å². The van der Waals surface area contributed by atoms with Gasteiger partial charge in [-0.3, -0.25) is 10.1 Å². The van der Waals surface area contributed by atoms with Gasteiger partial charge < -0.3 is 14.2 Å². The summed E-state index contributed by atoms with van der Waals surface area (Å²) in [5.41, 5.74) is 1.31. The zero-order valence-electron chi connectivity index (χ0n) is 14.9. The molecule has 0 saturated carbocycles. The molecule has 1 aliphatic heterocycles. The number of methoxy groups -OCH3 is 2. The fourth-order valence-electron chi connectivity index (χ4n) is 2.60. The van der Waals surface area contributed by atoms with E-state index in [0.29, 0.717) is 17.1 Å². The highest BCUT2D eigenvalue weighted by Gasteiger charge is 2.29. The summed E-state index contributed by atoms with van der Waals surface area (Å²) < 4.78 is 15.6. The summed E-state index contributed by atoms with van der Waals surface area (Å²) in [5, 5.41) is 11.3. The van der Waals surface area contributed by atoms with Crippen molar-refractivity contribution < 1.29 is 23.9 Å². The topological polar surface area (TPSA) is 100 Å². The van der Waals surface area contributed by atoms with Gasteiger partial charge in [-0.05, 0) is 42.8 Å². The van der Waals surface area contributed by atoms with Crippen molar-refractivity contribution in [3.63, 3.8) is 0 Å². The van der Waals surface area contributed by atoms with Gasteiger partial charge in [0.1, 0.15) is 17.1 Å². The summed E-state index contributed by atoms with van der Waals surface area (Å²) in [6.45, 7) is 1.78. The Morgan fingerprint density at radius 2 is 1.93 bits per heavy atom. The normalized spacial score (nSPS) is 14.7. The maximum absolute atomic E-state index is 12.2. The van der Waals surface area contributed by atoms with E-state index in [1.54, 1.807) is 37.3 Å². The molecule has 3 rings (SSSR count). The fraction of sp³-hybridized carbons (Fsp3) is 0.158. The van der Waals surface area contributed by atoms with Gasteiger partial charge in [-0.15, -0.1) is 0 Å². The van der Waals surface area contributed by atoms with E-state index in [2.05, 4.69) is 4.99 Å². The van der Waals surface area contributed by atoms with E-state index >= 15 is 0 Å². The number of cyclic esters (lactones) is 1. The number of aliphatic imine (C=N–C) groups is 1. The second-order valence-corrected chi connectivity index (χ2v) is 5.72. The maximum atomic E-state index is 12.2. The van der Waals surface area contributed by atoms with Gasteiger partial charge in [0.15, 0.2) is 5.70 Å². The van der Waals surface area contributed by atoms with Crippen LogP contribution in [0, 0.1) is 17.0 Å². The SMILES string of the molecule is COc1ccc(OC)c(/C=C2/N=C(c3cc(C)ccc3[N+](=O)[O-])OC2=O)c1. The van der Waals surface area contributed by atoms with E-state index in [0.717, 1.165) is 5.56 Å². The van der Waals surface area contributed by atoms with Crippen LogP contribution in [-0.2, 0) is 9.53 Å². The van der Waals surface area contributed by atoms with Gasteiger partial charge in [-0.2, -0.15) is 0 Å². The molecule has 0 amide bonds. The van der Waals surface area contributed by atoms with Crippen LogP contribution in [-0.4, -0.2) is 31.0 Å². The number of nitro groups is 1. The first-order valence-electron chi connectivity index (χ1n) is 7.93. The Balaban J connectivity index is 2.07. The third-order valence-corrected chi connectivity index (χ3v) is 3.93. The highest BCUT2D eigenvalue weighted by molar-refractivity contribution is 6.14. The highest BCUT2D eigenvalue weighted by Crippen LogP contribution is 2.30. The van der Waals surface area contributed by atoms with Crippen molar-refractivity contribution >= 4 is 23.6 Å². The van der Waals surface area contributed by atoms with Crippen molar-refractivity contribution in [1.82, 2.24) is 0 Å². The molecule has 8 heteroatoms. The van der Waals surface area contributed by atoms with E-state index in [4.69, 9.17) is 14.2 Å². The predicted octanol–water partition coefficient (Wildman–Crippen LogP) is 3.26. The number of nitro benzene ring substituents is 1. The van der Waals surface area contributed by atoms with Gasteiger partial charge in [0.25, 0.3) is 5.69 Å². The van der Waals surface area contributed by atoms with Crippen molar-refractivity contribution in [2.24, 2.45) is 4.99 Å². The minimum absolute atomic E-state index is 0.00681. The number of esters is 1. The summed E-state index contributed by atoms with van der Waals surface area (Å²) in [6.07, 6.45) is 1.48. The second-order valence-electron chi connectivity index (χ2n) is 5.72. The van der Waals surface area contributed by atoms with Crippen LogP contribution in [0.3, 0.4) is 0 Å². The molecule has 0 spiro atoms. The molecule has 2 aromatic carbocycles. The van der Waals surface area contributed by atoms with Crippen molar-refractivity contribution in [2.75, 3.05) is 14.2 Å². The number of hydrogen-bond donors (Lipinski definition) is 0. The average molecular weight is 368 g/mol. The van der Waals surface area contributed by atoms with Crippen molar-refractivity contribution in [1.29, 1.82) is 0 Å². The number of aryl methyl sites for hydroxylation is 1. The first-order chi connectivity index (χ1) is 12.9. The molecule has 27 heavy (non-hydrogen) atoms. The Morgan fingerprint density at radius 1 is 1.15 bits per heavy atom. The molecule has 0 aliphatic carbocycles. The summed E-state index contributed by atoms with van der Waals surface area (Å²) in [5.74, 6) is 0.281. The zero-order valence-corrected chi connectivity index (χ0v) is 14.9. The van der Waals surface area contributed by atoms with Crippen LogP contribution in [0.4, 0.5) is 5.69 Å². The Bertz CT molecular complexity index is 994. The van der Waals surface area contributed by atoms with Crippen LogP contribution in [0.2, 0.25) is 0 Å². The lowest BCUT2D eigenvalue weighted by Crippen LogP contribution is -2.08. The molecule has 1 aliphatic rings. The van der Waals surface area contributed by atoms with Crippen molar-refractivity contribution in [3.8, 4) is 11.5 Å². The second kappa shape index (κ2) is 7.28. The van der Waals surface area contributed by atoms with Crippen LogP contribution in [0.5, 0.6) is 11.5 Å². The molecule has 2 aromatic rings. The van der Waals surface area contributed by atoms with E-state index < -0.39 is 10.9 Å². The predicted molar refractivity (Wildman–Crippen MR) is 98.0 cm³/mol. The third-order valence-electron chi connectivity index (χ3n) is 3.93. The summed E-state index contributed by atoms with van der Waals surface area (Å²) in [6, 6.07) is 9.62. The molecule has 0 atom stereocenters. The summed E-state index contributed by atoms with van der Waals surface area (Å²) in [7, 11) is 3.03. The molecule has 0 fully saturated rings. The Kier molecular flexibility index (Phi) is 4.89. The first-order valence-corrected chi connectivity index (χ1v) is 7.93. The van der Waals surface area contributed by atoms with Crippen molar-refractivity contribution in [3.05, 3.63) is 68.9 Å². The molecular formula is C19H16N2O6. The molecule has 0 aromatic heterocycles. The van der Waals surface area contributed by atoms with Crippen LogP contribution in [0.15, 0.2) is 47.1 Å². The van der Waals surface area contributed by atoms with Gasteiger partial charge >= 0.3 is 5.97 Å². The molecule has 138 valence electrons.